The lowest BCUT2D eigenvalue weighted by atomic mass is 10.0. The fourth-order valence-electron chi connectivity index (χ4n) is 3.68. The van der Waals surface area contributed by atoms with Gasteiger partial charge < -0.3 is 9.32 Å². The molecule has 0 spiro atoms. The molecular weight excluding hydrogens is 375 g/mol. The smallest absolute Gasteiger partial charge is 0.289 e. The molecule has 8 nitrogen and oxygen atoms in total. The average Bonchev–Trinajstić information content (AvgIpc) is 3.42. The maximum atomic E-state index is 14.7. The Morgan fingerprint density at radius 1 is 1.10 bits per heavy atom. The third kappa shape index (κ3) is 3.77. The molecule has 3 aromatic rings. The van der Waals surface area contributed by atoms with Gasteiger partial charge in [0.25, 0.3) is 5.91 Å². The Kier molecular flexibility index (Phi) is 5.39. The number of nitrogens with zero attached hydrogens (tertiary/aromatic N) is 6. The van der Waals surface area contributed by atoms with E-state index in [1.165, 1.54) is 12.3 Å². The van der Waals surface area contributed by atoms with Gasteiger partial charge in [-0.25, -0.2) is 9.07 Å². The zero-order valence-electron chi connectivity index (χ0n) is 16.4. The van der Waals surface area contributed by atoms with E-state index < -0.39 is 6.04 Å². The first-order valence-corrected chi connectivity index (χ1v) is 9.65. The summed E-state index contributed by atoms with van der Waals surface area (Å²) in [4.78, 5) is 16.4. The first-order chi connectivity index (χ1) is 14.1. The van der Waals surface area contributed by atoms with Crippen LogP contribution in [0.5, 0.6) is 0 Å². The second kappa shape index (κ2) is 8.12. The van der Waals surface area contributed by atoms with Gasteiger partial charge in [-0.3, -0.25) is 9.69 Å². The van der Waals surface area contributed by atoms with Gasteiger partial charge in [-0.2, -0.15) is 0 Å². The maximum Gasteiger partial charge on any atom is 0.289 e. The SMILES string of the molecule is CC(C)n1nnnc1[C@@H](c1ccccc1F)N1CCN(C(=O)c2ccco2)CC1. The normalized spacial score (nSPS) is 16.3. The number of rotatable bonds is 5. The zero-order chi connectivity index (χ0) is 20.4. The van der Waals surface area contributed by atoms with Crippen LogP contribution in [0.15, 0.2) is 47.1 Å². The third-order valence-electron chi connectivity index (χ3n) is 5.15. The van der Waals surface area contributed by atoms with E-state index in [1.807, 2.05) is 19.9 Å². The summed E-state index contributed by atoms with van der Waals surface area (Å²) in [6, 6.07) is 9.65. The molecule has 0 N–H and O–H groups in total. The van der Waals surface area contributed by atoms with E-state index in [9.17, 15) is 9.18 Å². The fourth-order valence-corrected chi connectivity index (χ4v) is 3.68. The molecule has 0 unspecified atom stereocenters. The zero-order valence-corrected chi connectivity index (χ0v) is 16.4. The summed E-state index contributed by atoms with van der Waals surface area (Å²) in [5.74, 6) is 0.484. The van der Waals surface area contributed by atoms with Crippen LogP contribution in [-0.2, 0) is 0 Å². The Bertz CT molecular complexity index is 963. The van der Waals surface area contributed by atoms with Crippen LogP contribution in [0, 0.1) is 5.82 Å². The van der Waals surface area contributed by atoms with Crippen molar-refractivity contribution < 1.29 is 13.6 Å². The Morgan fingerprint density at radius 3 is 2.52 bits per heavy atom. The van der Waals surface area contributed by atoms with Crippen LogP contribution in [0.4, 0.5) is 4.39 Å². The van der Waals surface area contributed by atoms with E-state index >= 15 is 0 Å². The molecule has 0 radical (unpaired) electrons. The first-order valence-electron chi connectivity index (χ1n) is 9.65. The highest BCUT2D eigenvalue weighted by Crippen LogP contribution is 2.31. The largest absolute Gasteiger partial charge is 0.459 e. The maximum absolute atomic E-state index is 14.7. The third-order valence-corrected chi connectivity index (χ3v) is 5.15. The van der Waals surface area contributed by atoms with Crippen LogP contribution in [0.3, 0.4) is 0 Å². The molecule has 29 heavy (non-hydrogen) atoms. The summed E-state index contributed by atoms with van der Waals surface area (Å²) < 4.78 is 21.7. The molecule has 0 saturated carbocycles. The molecule has 1 aromatic carbocycles. The Balaban J connectivity index is 1.61. The summed E-state index contributed by atoms with van der Waals surface area (Å²) in [6.07, 6.45) is 1.49. The van der Waals surface area contributed by atoms with Crippen LogP contribution in [-0.4, -0.2) is 62.1 Å². The minimum Gasteiger partial charge on any atom is -0.459 e. The van der Waals surface area contributed by atoms with Gasteiger partial charge in [-0.1, -0.05) is 18.2 Å². The van der Waals surface area contributed by atoms with Crippen LogP contribution in [0.1, 0.15) is 47.9 Å². The van der Waals surface area contributed by atoms with Crippen molar-refractivity contribution in [1.82, 2.24) is 30.0 Å². The van der Waals surface area contributed by atoms with Crippen molar-refractivity contribution in [1.29, 1.82) is 0 Å². The summed E-state index contributed by atoms with van der Waals surface area (Å²) in [7, 11) is 0. The van der Waals surface area contributed by atoms with Gasteiger partial charge in [0.2, 0.25) is 0 Å². The quantitative estimate of drug-likeness (QED) is 0.657. The summed E-state index contributed by atoms with van der Waals surface area (Å²) in [5, 5.41) is 12.1. The number of carbonyl (C=O) groups is 1. The van der Waals surface area contributed by atoms with Crippen LogP contribution in [0.2, 0.25) is 0 Å². The number of tetrazole rings is 1. The molecule has 4 rings (SSSR count). The van der Waals surface area contributed by atoms with Crippen molar-refractivity contribution in [2.45, 2.75) is 25.9 Å². The molecule has 0 bridgehead atoms. The van der Waals surface area contributed by atoms with Crippen molar-refractivity contribution in [3.8, 4) is 0 Å². The predicted octanol–water partition coefficient (Wildman–Crippen LogP) is 2.53. The van der Waals surface area contributed by atoms with E-state index in [0.29, 0.717) is 43.3 Å². The average molecular weight is 398 g/mol. The Morgan fingerprint density at radius 2 is 1.86 bits per heavy atom. The molecular formula is C20H23FN6O2. The van der Waals surface area contributed by atoms with E-state index in [-0.39, 0.29) is 17.8 Å². The van der Waals surface area contributed by atoms with Gasteiger partial charge in [0, 0.05) is 31.7 Å². The molecule has 1 aliphatic heterocycles. The molecule has 1 aliphatic rings. The van der Waals surface area contributed by atoms with Crippen molar-refractivity contribution >= 4 is 5.91 Å². The number of hydrogen-bond acceptors (Lipinski definition) is 6. The standard InChI is InChI=1S/C20H23FN6O2/c1-14(2)27-19(22-23-24-27)18(15-6-3-4-7-16(15)21)25-9-11-26(12-10-25)20(28)17-8-5-13-29-17/h3-8,13-14,18H,9-12H2,1-2H3/t18-/m1/s1. The van der Waals surface area contributed by atoms with Gasteiger partial charge >= 0.3 is 0 Å². The van der Waals surface area contributed by atoms with E-state index in [2.05, 4.69) is 20.4 Å². The second-order valence-corrected chi connectivity index (χ2v) is 7.30. The van der Waals surface area contributed by atoms with Crippen molar-refractivity contribution in [3.63, 3.8) is 0 Å². The number of hydrogen-bond donors (Lipinski definition) is 0. The van der Waals surface area contributed by atoms with Gasteiger partial charge in [0.1, 0.15) is 11.9 Å². The summed E-state index contributed by atoms with van der Waals surface area (Å²) >= 11 is 0. The van der Waals surface area contributed by atoms with Crippen molar-refractivity contribution in [3.05, 3.63) is 65.6 Å². The number of carbonyl (C=O) groups excluding carboxylic acids is 1. The highest BCUT2D eigenvalue weighted by Gasteiger charge is 2.34. The Hall–Kier alpha value is -3.07. The minimum atomic E-state index is -0.436. The van der Waals surface area contributed by atoms with Gasteiger partial charge in [0.15, 0.2) is 11.6 Å². The van der Waals surface area contributed by atoms with Crippen LogP contribution in [0.25, 0.3) is 0 Å². The molecule has 9 heteroatoms. The molecule has 152 valence electrons. The molecule has 1 fully saturated rings. The lowest BCUT2D eigenvalue weighted by Crippen LogP contribution is -2.50. The number of halogens is 1. The highest BCUT2D eigenvalue weighted by atomic mass is 19.1. The van der Waals surface area contributed by atoms with Crippen molar-refractivity contribution in [2.24, 2.45) is 0 Å². The minimum absolute atomic E-state index is 0.0380. The Labute approximate surface area is 167 Å². The molecule has 1 saturated heterocycles. The monoisotopic (exact) mass is 398 g/mol. The van der Waals surface area contributed by atoms with Crippen molar-refractivity contribution in [2.75, 3.05) is 26.2 Å². The van der Waals surface area contributed by atoms with E-state index in [0.717, 1.165) is 0 Å². The first kappa shape index (κ1) is 19.3. The van der Waals surface area contributed by atoms with Gasteiger partial charge in [-0.15, -0.1) is 5.10 Å². The fraction of sp³-hybridized carbons (Fsp3) is 0.400. The number of aromatic nitrogens is 4. The molecule has 2 aromatic heterocycles. The van der Waals surface area contributed by atoms with Crippen LogP contribution >= 0.6 is 0 Å². The van der Waals surface area contributed by atoms with Gasteiger partial charge in [0.05, 0.1) is 12.3 Å². The lowest BCUT2D eigenvalue weighted by molar-refractivity contribution is 0.0556. The molecule has 1 atom stereocenters. The summed E-state index contributed by atoms with van der Waals surface area (Å²) in [5.41, 5.74) is 0.523. The number of piperazine rings is 1. The number of amides is 1. The predicted molar refractivity (Wildman–Crippen MR) is 103 cm³/mol. The number of furan rings is 1. The van der Waals surface area contributed by atoms with E-state index in [4.69, 9.17) is 4.42 Å². The summed E-state index contributed by atoms with van der Waals surface area (Å²) in [6.45, 7) is 6.12. The second-order valence-electron chi connectivity index (χ2n) is 7.30. The molecule has 1 amide bonds. The highest BCUT2D eigenvalue weighted by molar-refractivity contribution is 5.91. The number of benzene rings is 1. The van der Waals surface area contributed by atoms with Crippen LogP contribution < -0.4 is 0 Å². The van der Waals surface area contributed by atoms with Gasteiger partial charge in [-0.05, 0) is 42.5 Å². The lowest BCUT2D eigenvalue weighted by Gasteiger charge is -2.38. The molecule has 0 aliphatic carbocycles. The molecule has 3 heterocycles. The topological polar surface area (TPSA) is 80.3 Å². The van der Waals surface area contributed by atoms with E-state index in [1.54, 1.807) is 33.8 Å².